The van der Waals surface area contributed by atoms with E-state index in [0.717, 1.165) is 9.86 Å². The number of rotatable bonds is 4. The van der Waals surface area contributed by atoms with Gasteiger partial charge in [0.05, 0.1) is 17.7 Å². The number of halogens is 1. The number of furan rings is 1. The largest absolute Gasteiger partial charge is 0.468 e. The van der Waals surface area contributed by atoms with Gasteiger partial charge in [-0.2, -0.15) is 0 Å². The molecule has 2 aromatic carbocycles. The molecule has 0 spiro atoms. The van der Waals surface area contributed by atoms with Crippen molar-refractivity contribution >= 4 is 36.7 Å². The first kappa shape index (κ1) is 14.3. The number of sulfonamides is 1. The summed E-state index contributed by atoms with van der Waals surface area (Å²) in [7, 11) is -3.61. The second-order valence-electron chi connectivity index (χ2n) is 4.50. The second-order valence-corrected chi connectivity index (χ2v) is 7.08. The average molecular weight is 366 g/mol. The lowest BCUT2D eigenvalue weighted by molar-refractivity contribution is 0.499. The quantitative estimate of drug-likeness (QED) is 0.767. The summed E-state index contributed by atoms with van der Waals surface area (Å²) in [6.45, 7) is 0.125. The van der Waals surface area contributed by atoms with Gasteiger partial charge in [0, 0.05) is 9.86 Å². The van der Waals surface area contributed by atoms with Crippen molar-refractivity contribution in [2.45, 2.75) is 11.4 Å². The fourth-order valence-electron chi connectivity index (χ4n) is 2.13. The van der Waals surface area contributed by atoms with Crippen molar-refractivity contribution in [2.75, 3.05) is 0 Å². The molecule has 1 aromatic heterocycles. The van der Waals surface area contributed by atoms with Gasteiger partial charge >= 0.3 is 0 Å². The predicted octanol–water partition coefficient (Wildman–Crippen LogP) is 3.67. The van der Waals surface area contributed by atoms with E-state index in [2.05, 4.69) is 20.7 Å². The van der Waals surface area contributed by atoms with Gasteiger partial charge in [0.15, 0.2) is 0 Å². The normalized spacial score (nSPS) is 11.9. The van der Waals surface area contributed by atoms with Crippen molar-refractivity contribution in [2.24, 2.45) is 0 Å². The van der Waals surface area contributed by atoms with Gasteiger partial charge in [0.25, 0.3) is 0 Å². The summed E-state index contributed by atoms with van der Waals surface area (Å²) in [5.74, 6) is 0.569. The molecule has 0 aliphatic heterocycles. The molecule has 0 amide bonds. The maximum atomic E-state index is 12.5. The van der Waals surface area contributed by atoms with Gasteiger partial charge in [0.1, 0.15) is 5.76 Å². The lowest BCUT2D eigenvalue weighted by Gasteiger charge is -2.10. The highest BCUT2D eigenvalue weighted by Gasteiger charge is 2.18. The third kappa shape index (κ3) is 2.88. The van der Waals surface area contributed by atoms with E-state index < -0.39 is 10.0 Å². The monoisotopic (exact) mass is 365 g/mol. The van der Waals surface area contributed by atoms with Crippen LogP contribution in [0.1, 0.15) is 5.76 Å². The smallest absolute Gasteiger partial charge is 0.241 e. The van der Waals surface area contributed by atoms with E-state index >= 15 is 0 Å². The van der Waals surface area contributed by atoms with Crippen LogP contribution in [0, 0.1) is 0 Å². The molecular formula is C15H12BrNO3S. The molecule has 0 saturated carbocycles. The summed E-state index contributed by atoms with van der Waals surface area (Å²) in [4.78, 5) is 0.257. The molecule has 4 nitrogen and oxygen atoms in total. The fourth-order valence-corrected chi connectivity index (χ4v) is 3.81. The number of benzene rings is 2. The summed E-state index contributed by atoms with van der Waals surface area (Å²) in [6.07, 6.45) is 1.51. The molecular weight excluding hydrogens is 354 g/mol. The molecule has 3 aromatic rings. The lowest BCUT2D eigenvalue weighted by Crippen LogP contribution is -2.23. The van der Waals surface area contributed by atoms with Crippen LogP contribution in [0.25, 0.3) is 10.8 Å². The Labute approximate surface area is 131 Å². The van der Waals surface area contributed by atoms with Crippen LogP contribution in [0.3, 0.4) is 0 Å². The van der Waals surface area contributed by atoms with Crippen LogP contribution in [0.15, 0.2) is 68.6 Å². The summed E-state index contributed by atoms with van der Waals surface area (Å²) >= 11 is 3.44. The van der Waals surface area contributed by atoms with Gasteiger partial charge in [-0.25, -0.2) is 13.1 Å². The van der Waals surface area contributed by atoms with Gasteiger partial charge in [-0.1, -0.05) is 40.2 Å². The molecule has 0 bridgehead atoms. The van der Waals surface area contributed by atoms with Crippen molar-refractivity contribution in [3.8, 4) is 0 Å². The molecule has 0 aliphatic carbocycles. The molecule has 21 heavy (non-hydrogen) atoms. The van der Waals surface area contributed by atoms with Crippen molar-refractivity contribution in [1.82, 2.24) is 4.72 Å². The maximum Gasteiger partial charge on any atom is 0.241 e. The Kier molecular flexibility index (Phi) is 3.84. The Morgan fingerprint density at radius 2 is 1.76 bits per heavy atom. The van der Waals surface area contributed by atoms with Crippen molar-refractivity contribution in [1.29, 1.82) is 0 Å². The summed E-state index contributed by atoms with van der Waals surface area (Å²) in [5.41, 5.74) is 0. The number of fused-ring (bicyclic) bond motifs is 1. The zero-order valence-corrected chi connectivity index (χ0v) is 13.3. The third-order valence-corrected chi connectivity index (χ3v) is 5.29. The van der Waals surface area contributed by atoms with Gasteiger partial charge in [-0.15, -0.1) is 0 Å². The first-order valence-corrected chi connectivity index (χ1v) is 8.55. The van der Waals surface area contributed by atoms with E-state index in [-0.39, 0.29) is 11.4 Å². The minimum atomic E-state index is -3.61. The van der Waals surface area contributed by atoms with Gasteiger partial charge in [0.2, 0.25) is 10.0 Å². The number of nitrogens with one attached hydrogen (secondary N) is 1. The van der Waals surface area contributed by atoms with Crippen molar-refractivity contribution in [3.63, 3.8) is 0 Å². The summed E-state index contributed by atoms with van der Waals surface area (Å²) in [6, 6.07) is 14.1. The zero-order valence-electron chi connectivity index (χ0n) is 10.9. The first-order valence-electron chi connectivity index (χ1n) is 6.27. The van der Waals surface area contributed by atoms with Crippen molar-refractivity contribution in [3.05, 3.63) is 65.0 Å². The third-order valence-electron chi connectivity index (χ3n) is 3.14. The Bertz CT molecular complexity index is 873. The van der Waals surface area contributed by atoms with Crippen LogP contribution < -0.4 is 4.72 Å². The SMILES string of the molecule is O=S(=O)(NCc1ccco1)c1ccc(Br)c2ccccc12. The molecule has 0 aliphatic rings. The number of hydrogen-bond acceptors (Lipinski definition) is 3. The van der Waals surface area contributed by atoms with Gasteiger partial charge in [-0.3, -0.25) is 0 Å². The van der Waals surface area contributed by atoms with Crippen LogP contribution in [-0.2, 0) is 16.6 Å². The highest BCUT2D eigenvalue weighted by atomic mass is 79.9. The van der Waals surface area contributed by atoms with E-state index in [4.69, 9.17) is 4.42 Å². The standard InChI is InChI=1S/C15H12BrNO3S/c16-14-7-8-15(13-6-2-1-5-12(13)14)21(18,19)17-10-11-4-3-9-20-11/h1-9,17H,10H2. The van der Waals surface area contributed by atoms with Crippen LogP contribution in [0.2, 0.25) is 0 Å². The van der Waals surface area contributed by atoms with E-state index in [9.17, 15) is 8.42 Å². The fraction of sp³-hybridized carbons (Fsp3) is 0.0667. The molecule has 0 unspecified atom stereocenters. The molecule has 0 saturated heterocycles. The van der Waals surface area contributed by atoms with Gasteiger partial charge in [-0.05, 0) is 29.7 Å². The van der Waals surface area contributed by atoms with E-state index in [1.54, 1.807) is 30.3 Å². The lowest BCUT2D eigenvalue weighted by atomic mass is 10.1. The molecule has 6 heteroatoms. The topological polar surface area (TPSA) is 59.3 Å². The van der Waals surface area contributed by atoms with Gasteiger partial charge < -0.3 is 4.42 Å². The Balaban J connectivity index is 2.01. The first-order chi connectivity index (χ1) is 10.1. The highest BCUT2D eigenvalue weighted by molar-refractivity contribution is 9.10. The second kappa shape index (κ2) is 5.63. The van der Waals surface area contributed by atoms with E-state index in [1.807, 2.05) is 18.2 Å². The molecule has 1 heterocycles. The molecule has 0 radical (unpaired) electrons. The minimum absolute atomic E-state index is 0.125. The maximum absolute atomic E-state index is 12.5. The highest BCUT2D eigenvalue weighted by Crippen LogP contribution is 2.29. The Morgan fingerprint density at radius 3 is 2.48 bits per heavy atom. The Morgan fingerprint density at radius 1 is 1.00 bits per heavy atom. The summed E-state index contributed by atoms with van der Waals surface area (Å²) < 4.78 is 33.5. The molecule has 1 N–H and O–H groups in total. The molecule has 3 rings (SSSR count). The Hall–Kier alpha value is -1.63. The molecule has 108 valence electrons. The van der Waals surface area contributed by atoms with Crippen LogP contribution in [0.4, 0.5) is 0 Å². The molecule has 0 atom stereocenters. The molecule has 0 fully saturated rings. The average Bonchev–Trinajstić information content (AvgIpc) is 2.99. The minimum Gasteiger partial charge on any atom is -0.468 e. The van der Waals surface area contributed by atoms with Crippen molar-refractivity contribution < 1.29 is 12.8 Å². The van der Waals surface area contributed by atoms with E-state index in [1.165, 1.54) is 6.26 Å². The predicted molar refractivity (Wildman–Crippen MR) is 84.4 cm³/mol. The van der Waals surface area contributed by atoms with Crippen LogP contribution in [0.5, 0.6) is 0 Å². The van der Waals surface area contributed by atoms with E-state index in [0.29, 0.717) is 11.1 Å². The van der Waals surface area contributed by atoms with Crippen LogP contribution in [-0.4, -0.2) is 8.42 Å². The number of hydrogen-bond donors (Lipinski definition) is 1. The zero-order chi connectivity index (χ0) is 14.9. The summed E-state index contributed by atoms with van der Waals surface area (Å²) in [5, 5.41) is 1.54. The van der Waals surface area contributed by atoms with Crippen LogP contribution >= 0.6 is 15.9 Å².